The number of ether oxygens (including phenoxy) is 2. The van der Waals surface area contributed by atoms with Gasteiger partial charge in [0.2, 0.25) is 0 Å². The van der Waals surface area contributed by atoms with E-state index in [1.165, 1.54) is 18.2 Å². The summed E-state index contributed by atoms with van der Waals surface area (Å²) in [5, 5.41) is 0.565. The van der Waals surface area contributed by atoms with E-state index in [-0.39, 0.29) is 14.7 Å². The highest BCUT2D eigenvalue weighted by Gasteiger charge is 2.40. The topological polar surface area (TPSA) is 120 Å². The van der Waals surface area contributed by atoms with E-state index in [4.69, 9.17) is 9.47 Å². The van der Waals surface area contributed by atoms with Gasteiger partial charge >= 0.3 is 18.4 Å². The maximum Gasteiger partial charge on any atom is 0.435 e. The van der Waals surface area contributed by atoms with Crippen LogP contribution in [0.1, 0.15) is 47.2 Å². The number of nitrogens with zero attached hydrogens (tertiary/aromatic N) is 3. The summed E-state index contributed by atoms with van der Waals surface area (Å²) in [5.74, 6) is -0.347. The van der Waals surface area contributed by atoms with Gasteiger partial charge in [-0.25, -0.2) is 32.4 Å². The highest BCUT2D eigenvalue weighted by molar-refractivity contribution is 7.90. The summed E-state index contributed by atoms with van der Waals surface area (Å²) >= 11 is 0. The number of fused-ring (bicyclic) bond motifs is 1. The Morgan fingerprint density at radius 1 is 0.921 bits per heavy atom. The molecule has 0 saturated carbocycles. The first kappa shape index (κ1) is 28.8. The quantitative estimate of drug-likeness (QED) is 0.425. The summed E-state index contributed by atoms with van der Waals surface area (Å²) in [7, 11) is -4.69. The van der Waals surface area contributed by atoms with Crippen molar-refractivity contribution in [1.82, 2.24) is 14.4 Å². The molecule has 3 rings (SSSR count). The third-order valence-electron chi connectivity index (χ3n) is 4.58. The fourth-order valence-corrected chi connectivity index (χ4v) is 4.77. The van der Waals surface area contributed by atoms with Crippen LogP contribution in [0.25, 0.3) is 11.0 Å². The average Bonchev–Trinajstić information content (AvgIpc) is 3.16. The van der Waals surface area contributed by atoms with Crippen LogP contribution in [0.4, 0.5) is 28.6 Å². The molecule has 0 aliphatic rings. The molecule has 1 N–H and O–H groups in total. The number of halogens is 3. The Labute approximate surface area is 217 Å². The summed E-state index contributed by atoms with van der Waals surface area (Å²) in [6.45, 7) is 9.46. The Bertz CT molecular complexity index is 1460. The first-order valence-electron chi connectivity index (χ1n) is 11.2. The van der Waals surface area contributed by atoms with E-state index in [2.05, 4.69) is 10.4 Å². The fourth-order valence-electron chi connectivity index (χ4n) is 3.23. The molecule has 38 heavy (non-hydrogen) atoms. The molecule has 3 aromatic rings. The van der Waals surface area contributed by atoms with Crippen LogP contribution in [0.5, 0.6) is 0 Å². The summed E-state index contributed by atoms with van der Waals surface area (Å²) in [6, 6.07) is 9.26. The summed E-state index contributed by atoms with van der Waals surface area (Å²) in [6.07, 6.45) is -7.24. The lowest BCUT2D eigenvalue weighted by Gasteiger charge is -2.28. The van der Waals surface area contributed by atoms with Gasteiger partial charge in [-0.2, -0.15) is 18.2 Å². The smallest absolute Gasteiger partial charge is 0.435 e. The van der Waals surface area contributed by atoms with Crippen molar-refractivity contribution in [2.75, 3.05) is 5.01 Å². The van der Waals surface area contributed by atoms with E-state index >= 15 is 0 Å². The van der Waals surface area contributed by atoms with E-state index in [1.807, 2.05) is 0 Å². The Morgan fingerprint density at radius 3 is 2.03 bits per heavy atom. The van der Waals surface area contributed by atoms with Crippen LogP contribution in [-0.4, -0.2) is 40.8 Å². The number of amides is 2. The number of hydrazine groups is 1. The second-order valence-electron chi connectivity index (χ2n) is 10.1. The summed E-state index contributed by atoms with van der Waals surface area (Å²) in [5.41, 5.74) is -2.08. The number of rotatable bonds is 3. The molecule has 0 unspecified atom stereocenters. The van der Waals surface area contributed by atoms with Gasteiger partial charge in [-0.1, -0.05) is 18.2 Å². The number of anilines is 1. The van der Waals surface area contributed by atoms with E-state index in [1.54, 1.807) is 41.5 Å². The molecular formula is C24H27F3N4O6S. The molecule has 0 aliphatic heterocycles. The molecule has 10 nitrogen and oxygen atoms in total. The Kier molecular flexibility index (Phi) is 7.43. The predicted molar refractivity (Wildman–Crippen MR) is 132 cm³/mol. The monoisotopic (exact) mass is 556 g/mol. The van der Waals surface area contributed by atoms with Gasteiger partial charge in [-0.15, -0.1) is 0 Å². The van der Waals surface area contributed by atoms with Crippen LogP contribution in [-0.2, 0) is 25.7 Å². The maximum absolute atomic E-state index is 14.0. The van der Waals surface area contributed by atoms with Gasteiger partial charge in [0.25, 0.3) is 10.0 Å². The molecule has 2 amide bonds. The van der Waals surface area contributed by atoms with Crippen LogP contribution in [0.2, 0.25) is 0 Å². The fraction of sp³-hybridized carbons (Fsp3) is 0.375. The number of alkyl halides is 3. The molecule has 2 aromatic heterocycles. The van der Waals surface area contributed by atoms with E-state index in [0.29, 0.717) is 11.1 Å². The van der Waals surface area contributed by atoms with E-state index in [0.717, 1.165) is 24.3 Å². The molecule has 14 heteroatoms. The Morgan fingerprint density at radius 2 is 1.50 bits per heavy atom. The van der Waals surface area contributed by atoms with Crippen molar-refractivity contribution in [2.45, 2.75) is 63.8 Å². The minimum atomic E-state index is -5.07. The molecule has 0 fully saturated rings. The van der Waals surface area contributed by atoms with Gasteiger partial charge in [0, 0.05) is 0 Å². The molecule has 0 spiro atoms. The number of aromatic nitrogens is 2. The lowest BCUT2D eigenvalue weighted by Crippen LogP contribution is -2.50. The minimum absolute atomic E-state index is 0.146. The molecule has 0 radical (unpaired) electrons. The van der Waals surface area contributed by atoms with Crippen LogP contribution in [0.3, 0.4) is 0 Å². The van der Waals surface area contributed by atoms with Gasteiger partial charge in [0.15, 0.2) is 5.82 Å². The molecular weight excluding hydrogens is 529 g/mol. The Balaban J connectivity index is 2.18. The summed E-state index contributed by atoms with van der Waals surface area (Å²) < 4.78 is 78.9. The van der Waals surface area contributed by atoms with E-state index < -0.39 is 56.3 Å². The van der Waals surface area contributed by atoms with Gasteiger partial charge in [0.1, 0.15) is 16.9 Å². The molecule has 0 atom stereocenters. The third kappa shape index (κ3) is 6.54. The molecule has 0 bridgehead atoms. The molecule has 2 heterocycles. The second kappa shape index (κ2) is 9.82. The standard InChI is InChI=1S/C24H27F3N4O6S/c1-22(2,3)36-20(32)29-30(21(33)37-23(4,5)6)19-13-12-17-16(28-19)14-18(24(25,26)27)31(17)38(34,35)15-10-8-7-9-11-15/h7-14H,1-6H3,(H,29,32). The lowest BCUT2D eigenvalue weighted by molar-refractivity contribution is -0.141. The zero-order valence-corrected chi connectivity index (χ0v) is 22.3. The van der Waals surface area contributed by atoms with Crippen LogP contribution in [0, 0.1) is 0 Å². The normalized spacial score (nSPS) is 12.8. The predicted octanol–water partition coefficient (Wildman–Crippen LogP) is 5.47. The maximum atomic E-state index is 14.0. The first-order valence-corrected chi connectivity index (χ1v) is 12.7. The highest BCUT2D eigenvalue weighted by Crippen LogP contribution is 2.36. The third-order valence-corrected chi connectivity index (χ3v) is 6.32. The van der Waals surface area contributed by atoms with Gasteiger partial charge < -0.3 is 9.47 Å². The number of benzene rings is 1. The molecule has 0 saturated heterocycles. The SMILES string of the molecule is CC(C)(C)OC(=O)NN(C(=O)OC(C)(C)C)c1ccc2c(cc(C(F)(F)F)n2S(=O)(=O)c2ccccc2)n1. The zero-order valence-electron chi connectivity index (χ0n) is 21.5. The first-order chi connectivity index (χ1) is 17.3. The number of pyridine rings is 1. The lowest BCUT2D eigenvalue weighted by atomic mass is 10.2. The van der Waals surface area contributed by atoms with Crippen molar-refractivity contribution in [3.63, 3.8) is 0 Å². The highest BCUT2D eigenvalue weighted by atomic mass is 32.2. The zero-order chi connectivity index (χ0) is 28.7. The summed E-state index contributed by atoms with van der Waals surface area (Å²) in [4.78, 5) is 29.0. The van der Waals surface area contributed by atoms with Crippen molar-refractivity contribution >= 4 is 39.1 Å². The number of carbonyl (C=O) groups is 2. The average molecular weight is 557 g/mol. The van der Waals surface area contributed by atoms with Crippen LogP contribution in [0.15, 0.2) is 53.4 Å². The van der Waals surface area contributed by atoms with E-state index in [9.17, 15) is 31.2 Å². The van der Waals surface area contributed by atoms with Crippen molar-refractivity contribution in [2.24, 2.45) is 0 Å². The van der Waals surface area contributed by atoms with Crippen molar-refractivity contribution < 1.29 is 40.7 Å². The number of hydrogen-bond acceptors (Lipinski definition) is 7. The van der Waals surface area contributed by atoms with Crippen LogP contribution >= 0.6 is 0 Å². The number of nitrogens with one attached hydrogen (secondary N) is 1. The van der Waals surface area contributed by atoms with Crippen molar-refractivity contribution in [3.05, 3.63) is 54.2 Å². The number of carbonyl (C=O) groups excluding carboxylic acids is 2. The van der Waals surface area contributed by atoms with Crippen molar-refractivity contribution in [3.8, 4) is 0 Å². The number of hydrogen-bond donors (Lipinski definition) is 1. The van der Waals surface area contributed by atoms with Gasteiger partial charge in [0.05, 0.1) is 15.9 Å². The second-order valence-corrected chi connectivity index (χ2v) is 11.9. The molecule has 0 aliphatic carbocycles. The molecule has 206 valence electrons. The van der Waals surface area contributed by atoms with Gasteiger partial charge in [-0.05, 0) is 71.9 Å². The van der Waals surface area contributed by atoms with Crippen molar-refractivity contribution in [1.29, 1.82) is 0 Å². The Hall–Kier alpha value is -3.81. The molecule has 1 aromatic carbocycles. The minimum Gasteiger partial charge on any atom is -0.443 e. The van der Waals surface area contributed by atoms with Crippen LogP contribution < -0.4 is 10.4 Å². The van der Waals surface area contributed by atoms with Gasteiger partial charge in [-0.3, -0.25) is 0 Å². The largest absolute Gasteiger partial charge is 0.443 e.